The molecule has 4 rings (SSSR count). The molecule has 0 spiro atoms. The third-order valence-corrected chi connectivity index (χ3v) is 7.43. The molecule has 0 atom stereocenters. The van der Waals surface area contributed by atoms with E-state index in [1.165, 1.54) is 0 Å². The lowest BCUT2D eigenvalue weighted by molar-refractivity contribution is 0.00578. The van der Waals surface area contributed by atoms with E-state index < -0.39 is 18.3 Å². The zero-order valence-corrected chi connectivity index (χ0v) is 21.1. The highest BCUT2D eigenvalue weighted by Crippen LogP contribution is 2.37. The molecule has 0 radical (unpaired) electrons. The van der Waals surface area contributed by atoms with E-state index >= 15 is 0 Å². The van der Waals surface area contributed by atoms with Crippen molar-refractivity contribution in [3.63, 3.8) is 0 Å². The number of benzene rings is 2. The second-order valence-corrected chi connectivity index (χ2v) is 10.4. The Labute approximate surface area is 200 Å². The standard InChI is InChI=1S/C25H30BCl2NO3/c1-16-12-20(13-17(2)23(16)28)30-11-7-10-29-21-9-8-19(27)14-18(21)15-22(29)26-31-24(3,4)25(5,6)32-26/h8-9,12-15H,7,10-11H2,1-6H3. The molecule has 0 aliphatic carbocycles. The molecule has 1 aliphatic rings. The van der Waals surface area contributed by atoms with Gasteiger partial charge in [0.25, 0.3) is 0 Å². The topological polar surface area (TPSA) is 32.6 Å². The maximum absolute atomic E-state index is 6.34. The van der Waals surface area contributed by atoms with Crippen molar-refractivity contribution in [1.29, 1.82) is 0 Å². The minimum absolute atomic E-state index is 0.399. The molecule has 4 nitrogen and oxygen atoms in total. The van der Waals surface area contributed by atoms with Gasteiger partial charge in [-0.3, -0.25) is 0 Å². The maximum Gasteiger partial charge on any atom is 0.512 e. The van der Waals surface area contributed by atoms with E-state index in [1.807, 2.05) is 38.1 Å². The largest absolute Gasteiger partial charge is 0.512 e. The zero-order chi connectivity index (χ0) is 23.3. The maximum atomic E-state index is 6.34. The van der Waals surface area contributed by atoms with Crippen molar-refractivity contribution in [3.05, 3.63) is 57.6 Å². The van der Waals surface area contributed by atoms with E-state index in [2.05, 4.69) is 44.4 Å². The van der Waals surface area contributed by atoms with Gasteiger partial charge < -0.3 is 18.6 Å². The molecule has 32 heavy (non-hydrogen) atoms. The van der Waals surface area contributed by atoms with Crippen molar-refractivity contribution < 1.29 is 14.0 Å². The second kappa shape index (κ2) is 8.60. The number of hydrogen-bond acceptors (Lipinski definition) is 3. The SMILES string of the molecule is Cc1cc(OCCCn2c(B3OC(C)(C)C(C)(C)O3)cc3cc(Cl)ccc32)cc(C)c1Cl. The molecule has 0 amide bonds. The van der Waals surface area contributed by atoms with Crippen LogP contribution in [0.15, 0.2) is 36.4 Å². The third kappa shape index (κ3) is 4.41. The second-order valence-electron chi connectivity index (χ2n) is 9.59. The average Bonchev–Trinajstić information content (AvgIpc) is 3.16. The van der Waals surface area contributed by atoms with E-state index in [-0.39, 0.29) is 0 Å². The van der Waals surface area contributed by atoms with Crippen LogP contribution in [0, 0.1) is 13.8 Å². The molecule has 1 aromatic heterocycles. The number of hydrogen-bond donors (Lipinski definition) is 0. The summed E-state index contributed by atoms with van der Waals surface area (Å²) in [6, 6.07) is 12.0. The third-order valence-electron chi connectivity index (χ3n) is 6.59. The van der Waals surface area contributed by atoms with Crippen LogP contribution in [0.3, 0.4) is 0 Å². The lowest BCUT2D eigenvalue weighted by atomic mass is 9.84. The highest BCUT2D eigenvalue weighted by molar-refractivity contribution is 6.62. The normalized spacial score (nSPS) is 17.3. The first-order valence-electron chi connectivity index (χ1n) is 11.0. The molecular weight excluding hydrogens is 444 g/mol. The molecule has 1 fully saturated rings. The summed E-state index contributed by atoms with van der Waals surface area (Å²) in [5.41, 5.74) is 3.36. The predicted octanol–water partition coefficient (Wildman–Crippen LogP) is 6.33. The Bertz CT molecular complexity index is 1120. The van der Waals surface area contributed by atoms with Gasteiger partial charge in [-0.1, -0.05) is 23.2 Å². The van der Waals surface area contributed by atoms with Gasteiger partial charge in [0.2, 0.25) is 0 Å². The number of fused-ring (bicyclic) bond motifs is 1. The van der Waals surface area contributed by atoms with Crippen LogP contribution in [0.5, 0.6) is 5.75 Å². The first-order chi connectivity index (χ1) is 15.0. The van der Waals surface area contributed by atoms with Crippen LogP contribution in [-0.2, 0) is 15.9 Å². The van der Waals surface area contributed by atoms with Crippen LogP contribution in [-0.4, -0.2) is 29.5 Å². The van der Waals surface area contributed by atoms with Gasteiger partial charge >= 0.3 is 7.12 Å². The van der Waals surface area contributed by atoms with Crippen LogP contribution in [0.4, 0.5) is 0 Å². The quantitative estimate of drug-likeness (QED) is 0.309. The van der Waals surface area contributed by atoms with E-state index in [0.717, 1.165) is 51.4 Å². The number of aromatic nitrogens is 1. The molecule has 0 saturated carbocycles. The number of nitrogens with zero attached hydrogens (tertiary/aromatic N) is 1. The molecule has 1 saturated heterocycles. The van der Waals surface area contributed by atoms with Gasteiger partial charge in [0.05, 0.1) is 17.8 Å². The minimum Gasteiger partial charge on any atom is -0.494 e. The fourth-order valence-electron chi connectivity index (χ4n) is 4.07. The molecule has 7 heteroatoms. The van der Waals surface area contributed by atoms with E-state index in [4.69, 9.17) is 37.2 Å². The van der Waals surface area contributed by atoms with Crippen LogP contribution < -0.4 is 10.3 Å². The Morgan fingerprint density at radius 2 is 1.56 bits per heavy atom. The van der Waals surface area contributed by atoms with Gasteiger partial charge in [-0.05, 0) is 95.5 Å². The predicted molar refractivity (Wildman–Crippen MR) is 134 cm³/mol. The van der Waals surface area contributed by atoms with Crippen molar-refractivity contribution in [3.8, 4) is 5.75 Å². The Hall–Kier alpha value is -1.66. The number of aryl methyl sites for hydroxylation is 3. The van der Waals surface area contributed by atoms with Gasteiger partial charge in [-0.25, -0.2) is 0 Å². The van der Waals surface area contributed by atoms with Crippen molar-refractivity contribution in [2.24, 2.45) is 0 Å². The number of rotatable bonds is 6. The molecule has 0 N–H and O–H groups in total. The van der Waals surface area contributed by atoms with Gasteiger partial charge in [0.15, 0.2) is 0 Å². The molecule has 170 valence electrons. The summed E-state index contributed by atoms with van der Waals surface area (Å²) in [4.78, 5) is 0. The highest BCUT2D eigenvalue weighted by Gasteiger charge is 2.52. The monoisotopic (exact) mass is 473 g/mol. The van der Waals surface area contributed by atoms with E-state index in [9.17, 15) is 0 Å². The molecule has 1 aliphatic heterocycles. The summed E-state index contributed by atoms with van der Waals surface area (Å²) in [7, 11) is -0.436. The number of halogens is 2. The summed E-state index contributed by atoms with van der Waals surface area (Å²) in [5, 5.41) is 2.58. The minimum atomic E-state index is -0.436. The first-order valence-corrected chi connectivity index (χ1v) is 11.8. The van der Waals surface area contributed by atoms with Gasteiger partial charge in [-0.15, -0.1) is 0 Å². The molecule has 2 aromatic carbocycles. The van der Waals surface area contributed by atoms with Crippen molar-refractivity contribution >= 4 is 46.8 Å². The Morgan fingerprint density at radius 1 is 0.938 bits per heavy atom. The lowest BCUT2D eigenvalue weighted by Crippen LogP contribution is -2.41. The van der Waals surface area contributed by atoms with Crippen molar-refractivity contribution in [1.82, 2.24) is 4.57 Å². The van der Waals surface area contributed by atoms with Gasteiger partial charge in [-0.2, -0.15) is 0 Å². The molecule has 2 heterocycles. The smallest absolute Gasteiger partial charge is 0.494 e. The lowest BCUT2D eigenvalue weighted by Gasteiger charge is -2.32. The fraction of sp³-hybridized carbons (Fsp3) is 0.440. The van der Waals surface area contributed by atoms with E-state index in [0.29, 0.717) is 11.6 Å². The highest BCUT2D eigenvalue weighted by atomic mass is 35.5. The zero-order valence-electron chi connectivity index (χ0n) is 19.6. The van der Waals surface area contributed by atoms with Crippen molar-refractivity contribution in [2.75, 3.05) is 6.61 Å². The van der Waals surface area contributed by atoms with Gasteiger partial charge in [0, 0.05) is 33.1 Å². The summed E-state index contributed by atoms with van der Waals surface area (Å²) in [6.07, 6.45) is 0.833. The molecule has 0 unspecified atom stereocenters. The van der Waals surface area contributed by atoms with E-state index in [1.54, 1.807) is 0 Å². The fourth-order valence-corrected chi connectivity index (χ4v) is 4.36. The molecular formula is C25H30BCl2NO3. The Kier molecular flexibility index (Phi) is 6.32. The summed E-state index contributed by atoms with van der Waals surface area (Å²) >= 11 is 12.5. The first kappa shape index (κ1) is 23.5. The van der Waals surface area contributed by atoms with Crippen LogP contribution >= 0.6 is 23.2 Å². The molecule has 0 bridgehead atoms. The van der Waals surface area contributed by atoms with Crippen LogP contribution in [0.2, 0.25) is 10.0 Å². The molecule has 3 aromatic rings. The average molecular weight is 474 g/mol. The Balaban J connectivity index is 1.55. The summed E-state index contributed by atoms with van der Waals surface area (Å²) in [5.74, 6) is 0.847. The summed E-state index contributed by atoms with van der Waals surface area (Å²) < 4.78 is 21.0. The van der Waals surface area contributed by atoms with Gasteiger partial charge in [0.1, 0.15) is 5.75 Å². The van der Waals surface area contributed by atoms with Crippen molar-refractivity contribution in [2.45, 2.75) is 65.7 Å². The van der Waals surface area contributed by atoms with Crippen LogP contribution in [0.1, 0.15) is 45.2 Å². The summed E-state index contributed by atoms with van der Waals surface area (Å²) in [6.45, 7) is 13.6. The van der Waals surface area contributed by atoms with Crippen LogP contribution in [0.25, 0.3) is 10.9 Å². The Morgan fingerprint density at radius 3 is 2.19 bits per heavy atom. The number of ether oxygens (including phenoxy) is 1.